The standard InChI is InChI=1S/C16H25NO/c1-4-12(5-2)10-16-15-11-14(18-3)7-6-13(15)8-9-17-16/h6-7,11-12,16-17H,4-5,8-10H2,1-3H3. The highest BCUT2D eigenvalue weighted by Crippen LogP contribution is 2.32. The molecule has 1 aromatic rings. The van der Waals surface area contributed by atoms with Gasteiger partial charge in [0.2, 0.25) is 0 Å². The molecule has 0 radical (unpaired) electrons. The number of fused-ring (bicyclic) bond motifs is 1. The molecule has 0 fully saturated rings. The summed E-state index contributed by atoms with van der Waals surface area (Å²) in [6, 6.07) is 7.04. The second-order valence-electron chi connectivity index (χ2n) is 5.24. The molecule has 0 spiro atoms. The summed E-state index contributed by atoms with van der Waals surface area (Å²) in [5.74, 6) is 1.80. The molecule has 0 amide bonds. The number of rotatable bonds is 5. The minimum absolute atomic E-state index is 0.508. The fourth-order valence-electron chi connectivity index (χ4n) is 2.91. The van der Waals surface area contributed by atoms with E-state index in [2.05, 4.69) is 37.4 Å². The molecule has 1 aromatic carbocycles. The van der Waals surface area contributed by atoms with Gasteiger partial charge in [-0.2, -0.15) is 0 Å². The van der Waals surface area contributed by atoms with E-state index in [4.69, 9.17) is 4.74 Å². The molecular weight excluding hydrogens is 222 g/mol. The van der Waals surface area contributed by atoms with Gasteiger partial charge in [-0.25, -0.2) is 0 Å². The van der Waals surface area contributed by atoms with Crippen LogP contribution < -0.4 is 10.1 Å². The van der Waals surface area contributed by atoms with E-state index in [1.54, 1.807) is 7.11 Å². The van der Waals surface area contributed by atoms with Gasteiger partial charge in [0.1, 0.15) is 5.75 Å². The molecule has 18 heavy (non-hydrogen) atoms. The molecule has 2 nitrogen and oxygen atoms in total. The van der Waals surface area contributed by atoms with Crippen LogP contribution in [-0.2, 0) is 6.42 Å². The first-order valence-electron chi connectivity index (χ1n) is 7.18. The third-order valence-corrected chi connectivity index (χ3v) is 4.24. The van der Waals surface area contributed by atoms with Gasteiger partial charge in [0.05, 0.1) is 7.11 Å². The Balaban J connectivity index is 2.20. The molecule has 1 aliphatic rings. The average molecular weight is 247 g/mol. The zero-order chi connectivity index (χ0) is 13.0. The van der Waals surface area contributed by atoms with E-state index >= 15 is 0 Å². The number of nitrogens with one attached hydrogen (secondary N) is 1. The van der Waals surface area contributed by atoms with Crippen molar-refractivity contribution in [2.75, 3.05) is 13.7 Å². The third kappa shape index (κ3) is 2.86. The third-order valence-electron chi connectivity index (χ3n) is 4.24. The van der Waals surface area contributed by atoms with E-state index in [0.29, 0.717) is 6.04 Å². The number of benzene rings is 1. The summed E-state index contributed by atoms with van der Waals surface area (Å²) in [4.78, 5) is 0. The van der Waals surface area contributed by atoms with Crippen molar-refractivity contribution in [1.29, 1.82) is 0 Å². The number of hydrogen-bond acceptors (Lipinski definition) is 2. The predicted molar refractivity (Wildman–Crippen MR) is 76.1 cm³/mol. The largest absolute Gasteiger partial charge is 0.497 e. The van der Waals surface area contributed by atoms with Crippen molar-refractivity contribution in [1.82, 2.24) is 5.32 Å². The van der Waals surface area contributed by atoms with Crippen LogP contribution in [0.4, 0.5) is 0 Å². The Morgan fingerprint density at radius 2 is 2.11 bits per heavy atom. The van der Waals surface area contributed by atoms with E-state index in [1.807, 2.05) is 0 Å². The highest BCUT2D eigenvalue weighted by Gasteiger charge is 2.22. The van der Waals surface area contributed by atoms with Crippen molar-refractivity contribution in [2.24, 2.45) is 5.92 Å². The summed E-state index contributed by atoms with van der Waals surface area (Å²) < 4.78 is 5.36. The van der Waals surface area contributed by atoms with Crippen molar-refractivity contribution in [2.45, 2.75) is 45.6 Å². The Bertz CT molecular complexity index is 385. The Labute approximate surface area is 111 Å². The van der Waals surface area contributed by atoms with Gasteiger partial charge in [0.15, 0.2) is 0 Å². The van der Waals surface area contributed by atoms with Crippen LogP contribution in [0.3, 0.4) is 0 Å². The van der Waals surface area contributed by atoms with Gasteiger partial charge in [-0.15, -0.1) is 0 Å². The molecule has 1 heterocycles. The van der Waals surface area contributed by atoms with E-state index < -0.39 is 0 Å². The molecule has 2 heteroatoms. The van der Waals surface area contributed by atoms with Crippen LogP contribution >= 0.6 is 0 Å². The SMILES string of the molecule is CCC(CC)CC1NCCc2ccc(OC)cc21. The molecule has 1 N–H and O–H groups in total. The molecule has 0 aromatic heterocycles. The lowest BCUT2D eigenvalue weighted by Crippen LogP contribution is -2.31. The Kier molecular flexibility index (Phi) is 4.65. The number of ether oxygens (including phenoxy) is 1. The highest BCUT2D eigenvalue weighted by atomic mass is 16.5. The summed E-state index contributed by atoms with van der Waals surface area (Å²) in [5.41, 5.74) is 2.94. The highest BCUT2D eigenvalue weighted by molar-refractivity contribution is 5.39. The first-order chi connectivity index (χ1) is 8.78. The van der Waals surface area contributed by atoms with Crippen molar-refractivity contribution in [3.05, 3.63) is 29.3 Å². The molecule has 100 valence electrons. The van der Waals surface area contributed by atoms with Crippen molar-refractivity contribution in [3.63, 3.8) is 0 Å². The molecule has 0 saturated carbocycles. The van der Waals surface area contributed by atoms with Crippen LogP contribution in [0.25, 0.3) is 0 Å². The summed E-state index contributed by atoms with van der Waals surface area (Å²) in [6.07, 6.45) is 4.92. The first-order valence-corrected chi connectivity index (χ1v) is 7.18. The van der Waals surface area contributed by atoms with Crippen molar-refractivity contribution < 1.29 is 4.74 Å². The number of hydrogen-bond donors (Lipinski definition) is 1. The van der Waals surface area contributed by atoms with Gasteiger partial charge in [-0.3, -0.25) is 0 Å². The zero-order valence-corrected chi connectivity index (χ0v) is 11.8. The topological polar surface area (TPSA) is 21.3 Å². The lowest BCUT2D eigenvalue weighted by molar-refractivity contribution is 0.359. The summed E-state index contributed by atoms with van der Waals surface area (Å²) in [7, 11) is 1.74. The van der Waals surface area contributed by atoms with Gasteiger partial charge in [0.25, 0.3) is 0 Å². The van der Waals surface area contributed by atoms with E-state index in [-0.39, 0.29) is 0 Å². The minimum Gasteiger partial charge on any atom is -0.497 e. The Morgan fingerprint density at radius 1 is 1.33 bits per heavy atom. The Morgan fingerprint density at radius 3 is 2.78 bits per heavy atom. The first kappa shape index (κ1) is 13.4. The van der Waals surface area contributed by atoms with Crippen molar-refractivity contribution >= 4 is 0 Å². The second kappa shape index (κ2) is 6.24. The maximum atomic E-state index is 5.36. The second-order valence-corrected chi connectivity index (χ2v) is 5.24. The fourth-order valence-corrected chi connectivity index (χ4v) is 2.91. The monoisotopic (exact) mass is 247 g/mol. The molecule has 1 aliphatic heterocycles. The van der Waals surface area contributed by atoms with Crippen LogP contribution in [0.15, 0.2) is 18.2 Å². The van der Waals surface area contributed by atoms with Crippen LogP contribution in [0, 0.1) is 5.92 Å². The zero-order valence-electron chi connectivity index (χ0n) is 11.8. The van der Waals surface area contributed by atoms with Crippen LogP contribution in [0.5, 0.6) is 5.75 Å². The smallest absolute Gasteiger partial charge is 0.119 e. The fraction of sp³-hybridized carbons (Fsp3) is 0.625. The molecule has 0 aliphatic carbocycles. The maximum Gasteiger partial charge on any atom is 0.119 e. The Hall–Kier alpha value is -1.02. The normalized spacial score (nSPS) is 18.8. The molecule has 0 bridgehead atoms. The van der Waals surface area contributed by atoms with Crippen LogP contribution in [0.1, 0.15) is 50.3 Å². The average Bonchev–Trinajstić information content (AvgIpc) is 2.44. The van der Waals surface area contributed by atoms with Crippen LogP contribution in [-0.4, -0.2) is 13.7 Å². The van der Waals surface area contributed by atoms with Crippen molar-refractivity contribution in [3.8, 4) is 5.75 Å². The molecule has 1 atom stereocenters. The lowest BCUT2D eigenvalue weighted by atomic mass is 9.86. The lowest BCUT2D eigenvalue weighted by Gasteiger charge is -2.30. The van der Waals surface area contributed by atoms with E-state index in [0.717, 1.165) is 24.6 Å². The molecule has 0 saturated heterocycles. The summed E-state index contributed by atoms with van der Waals surface area (Å²) >= 11 is 0. The number of methoxy groups -OCH3 is 1. The summed E-state index contributed by atoms with van der Waals surface area (Å²) in [6.45, 7) is 5.69. The molecule has 1 unspecified atom stereocenters. The quantitative estimate of drug-likeness (QED) is 0.856. The maximum absolute atomic E-state index is 5.36. The molecular formula is C16H25NO. The van der Waals surface area contributed by atoms with E-state index in [1.165, 1.54) is 30.4 Å². The van der Waals surface area contributed by atoms with E-state index in [9.17, 15) is 0 Å². The van der Waals surface area contributed by atoms with Gasteiger partial charge in [0, 0.05) is 6.04 Å². The van der Waals surface area contributed by atoms with Gasteiger partial charge < -0.3 is 10.1 Å². The molecule has 2 rings (SSSR count). The van der Waals surface area contributed by atoms with Gasteiger partial charge in [-0.05, 0) is 48.6 Å². The van der Waals surface area contributed by atoms with Gasteiger partial charge >= 0.3 is 0 Å². The van der Waals surface area contributed by atoms with Crippen LogP contribution in [0.2, 0.25) is 0 Å². The minimum atomic E-state index is 0.508. The van der Waals surface area contributed by atoms with Gasteiger partial charge in [-0.1, -0.05) is 32.8 Å². The predicted octanol–water partition coefficient (Wildman–Crippen LogP) is 3.71. The summed E-state index contributed by atoms with van der Waals surface area (Å²) in [5, 5.41) is 3.67.